The molecule has 1 aromatic rings. The molecule has 2 nitrogen and oxygen atoms in total. The summed E-state index contributed by atoms with van der Waals surface area (Å²) in [7, 11) is -0.814. The maximum Gasteiger partial charge on any atom is 0.0508 e. The summed E-state index contributed by atoms with van der Waals surface area (Å²) in [5.74, 6) is 1.36. The molecule has 0 saturated carbocycles. The number of hydrogen-bond acceptors (Lipinski definition) is 2. The third kappa shape index (κ3) is 5.78. The van der Waals surface area contributed by atoms with Crippen molar-refractivity contribution in [3.05, 3.63) is 35.9 Å². The fourth-order valence-corrected chi connectivity index (χ4v) is 3.42. The molecule has 0 amide bonds. The molecule has 1 N–H and O–H groups in total. The minimum absolute atomic E-state index is 0.0122. The molecule has 0 saturated heterocycles. The Morgan fingerprint density at radius 2 is 1.89 bits per heavy atom. The van der Waals surface area contributed by atoms with Crippen molar-refractivity contribution in [3.8, 4) is 0 Å². The monoisotopic (exact) mass is 268 g/mol. The Bertz CT molecular complexity index is 338. The SMILES string of the molecule is CCCCCCS(=O)CC(CO)c1ccccc1. The molecule has 0 aromatic heterocycles. The van der Waals surface area contributed by atoms with Gasteiger partial charge in [0.2, 0.25) is 0 Å². The Hall–Kier alpha value is -0.670. The van der Waals surface area contributed by atoms with E-state index in [1.54, 1.807) is 0 Å². The van der Waals surface area contributed by atoms with Gasteiger partial charge in [-0.15, -0.1) is 0 Å². The van der Waals surface area contributed by atoms with Gasteiger partial charge in [0, 0.05) is 28.2 Å². The summed E-state index contributed by atoms with van der Waals surface area (Å²) in [6, 6.07) is 9.87. The molecule has 1 aromatic carbocycles. The first-order chi connectivity index (χ1) is 8.77. The van der Waals surface area contributed by atoms with Gasteiger partial charge in [-0.1, -0.05) is 56.5 Å². The summed E-state index contributed by atoms with van der Waals surface area (Å²) in [5, 5.41) is 9.40. The van der Waals surface area contributed by atoms with Crippen LogP contribution in [-0.2, 0) is 10.8 Å². The van der Waals surface area contributed by atoms with E-state index in [1.165, 1.54) is 12.8 Å². The van der Waals surface area contributed by atoms with Crippen molar-refractivity contribution in [2.75, 3.05) is 18.1 Å². The molecule has 2 atom stereocenters. The zero-order valence-corrected chi connectivity index (χ0v) is 12.0. The van der Waals surface area contributed by atoms with Gasteiger partial charge in [0.05, 0.1) is 6.61 Å². The van der Waals surface area contributed by atoms with Gasteiger partial charge < -0.3 is 5.11 Å². The van der Waals surface area contributed by atoms with Crippen LogP contribution in [0.1, 0.15) is 44.1 Å². The van der Waals surface area contributed by atoms with Crippen molar-refractivity contribution in [3.63, 3.8) is 0 Å². The van der Waals surface area contributed by atoms with Crippen LogP contribution in [0.3, 0.4) is 0 Å². The van der Waals surface area contributed by atoms with E-state index < -0.39 is 10.8 Å². The molecule has 0 aliphatic heterocycles. The summed E-state index contributed by atoms with van der Waals surface area (Å²) in [6.07, 6.45) is 4.62. The first-order valence-corrected chi connectivity index (χ1v) is 8.27. The van der Waals surface area contributed by atoms with E-state index in [2.05, 4.69) is 6.92 Å². The zero-order valence-electron chi connectivity index (χ0n) is 11.2. The lowest BCUT2D eigenvalue weighted by molar-refractivity contribution is 0.274. The van der Waals surface area contributed by atoms with E-state index in [-0.39, 0.29) is 12.5 Å². The highest BCUT2D eigenvalue weighted by atomic mass is 32.2. The lowest BCUT2D eigenvalue weighted by Gasteiger charge is -2.14. The number of rotatable bonds is 9. The van der Waals surface area contributed by atoms with Crippen molar-refractivity contribution in [2.24, 2.45) is 0 Å². The third-order valence-electron chi connectivity index (χ3n) is 3.10. The molecule has 3 heteroatoms. The Balaban J connectivity index is 2.37. The minimum Gasteiger partial charge on any atom is -0.396 e. The summed E-state index contributed by atoms with van der Waals surface area (Å²) in [4.78, 5) is 0. The molecular weight excluding hydrogens is 244 g/mol. The Morgan fingerprint density at radius 3 is 2.50 bits per heavy atom. The Kier molecular flexibility index (Phi) is 7.94. The average molecular weight is 268 g/mol. The Morgan fingerprint density at radius 1 is 1.17 bits per heavy atom. The molecule has 2 unspecified atom stereocenters. The van der Waals surface area contributed by atoms with Crippen LogP contribution in [0.4, 0.5) is 0 Å². The second-order valence-corrected chi connectivity index (χ2v) is 6.28. The van der Waals surface area contributed by atoms with E-state index >= 15 is 0 Å². The number of benzene rings is 1. The predicted molar refractivity (Wildman–Crippen MR) is 78.3 cm³/mol. The van der Waals surface area contributed by atoms with Crippen LogP contribution in [0.15, 0.2) is 30.3 Å². The number of aliphatic hydroxyl groups excluding tert-OH is 1. The number of hydrogen-bond donors (Lipinski definition) is 1. The van der Waals surface area contributed by atoms with Crippen molar-refractivity contribution in [1.29, 1.82) is 0 Å². The predicted octanol–water partition coefficient (Wildman–Crippen LogP) is 3.09. The molecule has 18 heavy (non-hydrogen) atoms. The smallest absolute Gasteiger partial charge is 0.0508 e. The van der Waals surface area contributed by atoms with Gasteiger partial charge in [-0.2, -0.15) is 0 Å². The molecule has 0 spiro atoms. The van der Waals surface area contributed by atoms with E-state index in [9.17, 15) is 9.32 Å². The molecule has 0 fully saturated rings. The molecule has 0 bridgehead atoms. The highest BCUT2D eigenvalue weighted by Crippen LogP contribution is 2.16. The van der Waals surface area contributed by atoms with Crippen LogP contribution in [0.2, 0.25) is 0 Å². The summed E-state index contributed by atoms with van der Waals surface area (Å²) < 4.78 is 11.9. The van der Waals surface area contributed by atoms with E-state index in [4.69, 9.17) is 0 Å². The van der Waals surface area contributed by atoms with E-state index in [0.29, 0.717) is 5.75 Å². The normalized spacial score (nSPS) is 14.3. The van der Waals surface area contributed by atoms with Gasteiger partial charge in [-0.05, 0) is 12.0 Å². The molecule has 0 heterocycles. The van der Waals surface area contributed by atoms with Crippen LogP contribution in [0, 0.1) is 0 Å². The van der Waals surface area contributed by atoms with Crippen LogP contribution in [-0.4, -0.2) is 27.4 Å². The van der Waals surface area contributed by atoms with Crippen LogP contribution < -0.4 is 0 Å². The maximum absolute atomic E-state index is 11.9. The first kappa shape index (κ1) is 15.4. The third-order valence-corrected chi connectivity index (χ3v) is 4.62. The molecular formula is C15H24O2S. The Labute approximate surface area is 113 Å². The van der Waals surface area contributed by atoms with Gasteiger partial charge in [0.15, 0.2) is 0 Å². The first-order valence-electron chi connectivity index (χ1n) is 6.78. The maximum atomic E-state index is 11.9. The lowest BCUT2D eigenvalue weighted by atomic mass is 10.0. The highest BCUT2D eigenvalue weighted by Gasteiger charge is 2.13. The quantitative estimate of drug-likeness (QED) is 0.699. The number of unbranched alkanes of at least 4 members (excludes halogenated alkanes) is 3. The molecule has 1 rings (SSSR count). The van der Waals surface area contributed by atoms with Gasteiger partial charge in [0.25, 0.3) is 0 Å². The number of aliphatic hydroxyl groups is 1. The lowest BCUT2D eigenvalue weighted by Crippen LogP contribution is -2.15. The average Bonchev–Trinajstić information content (AvgIpc) is 2.42. The van der Waals surface area contributed by atoms with Gasteiger partial charge in [0.1, 0.15) is 0 Å². The topological polar surface area (TPSA) is 37.3 Å². The largest absolute Gasteiger partial charge is 0.396 e. The molecule has 102 valence electrons. The molecule has 0 aliphatic carbocycles. The second-order valence-electron chi connectivity index (χ2n) is 4.66. The van der Waals surface area contributed by atoms with Crippen molar-refractivity contribution >= 4 is 10.8 Å². The van der Waals surface area contributed by atoms with Crippen LogP contribution >= 0.6 is 0 Å². The van der Waals surface area contributed by atoms with Crippen LogP contribution in [0.25, 0.3) is 0 Å². The highest BCUT2D eigenvalue weighted by molar-refractivity contribution is 7.85. The van der Waals surface area contributed by atoms with Crippen LogP contribution in [0.5, 0.6) is 0 Å². The zero-order chi connectivity index (χ0) is 13.2. The summed E-state index contributed by atoms with van der Waals surface area (Å²) in [6.45, 7) is 2.25. The van der Waals surface area contributed by atoms with Gasteiger partial charge in [-0.25, -0.2) is 0 Å². The fraction of sp³-hybridized carbons (Fsp3) is 0.600. The standard InChI is InChI=1S/C15H24O2S/c1-2-3-4-8-11-18(17)13-15(12-16)14-9-6-5-7-10-14/h5-7,9-10,15-16H,2-4,8,11-13H2,1H3. The molecule has 0 radical (unpaired) electrons. The van der Waals surface area contributed by atoms with Gasteiger partial charge in [-0.3, -0.25) is 4.21 Å². The molecule has 0 aliphatic rings. The van der Waals surface area contributed by atoms with E-state index in [0.717, 1.165) is 24.2 Å². The van der Waals surface area contributed by atoms with Gasteiger partial charge >= 0.3 is 0 Å². The summed E-state index contributed by atoms with van der Waals surface area (Å²) in [5.41, 5.74) is 1.09. The van der Waals surface area contributed by atoms with Crippen molar-refractivity contribution in [2.45, 2.75) is 38.5 Å². The minimum atomic E-state index is -0.814. The van der Waals surface area contributed by atoms with Crippen molar-refractivity contribution < 1.29 is 9.32 Å². The fourth-order valence-electron chi connectivity index (χ4n) is 1.98. The van der Waals surface area contributed by atoms with E-state index in [1.807, 2.05) is 30.3 Å². The second kappa shape index (κ2) is 9.29. The summed E-state index contributed by atoms with van der Waals surface area (Å²) >= 11 is 0. The van der Waals surface area contributed by atoms with Crippen molar-refractivity contribution in [1.82, 2.24) is 0 Å².